The van der Waals surface area contributed by atoms with Crippen molar-refractivity contribution >= 4 is 25.7 Å². The van der Waals surface area contributed by atoms with Crippen LogP contribution in [0.25, 0.3) is 0 Å². The van der Waals surface area contributed by atoms with E-state index >= 15 is 0 Å². The first-order chi connectivity index (χ1) is 34.2. The molecule has 12 heteroatoms. The van der Waals surface area contributed by atoms with Crippen LogP contribution in [0.2, 0.25) is 0 Å². The Morgan fingerprint density at radius 2 is 0.743 bits per heavy atom. The highest BCUT2D eigenvalue weighted by Gasteiger charge is 2.28. The molecule has 3 unspecified atom stereocenters. The van der Waals surface area contributed by atoms with Crippen LogP contribution >= 0.6 is 7.82 Å². The molecule has 0 heterocycles. The number of aliphatic hydroxyl groups excluding tert-OH is 1. The van der Waals surface area contributed by atoms with Crippen LogP contribution in [0.3, 0.4) is 0 Å². The summed E-state index contributed by atoms with van der Waals surface area (Å²) in [5.41, 5.74) is 0. The summed E-state index contributed by atoms with van der Waals surface area (Å²) in [6, 6.07) is 0. The summed E-state index contributed by atoms with van der Waals surface area (Å²) in [4.78, 5) is 48.4. The molecule has 0 aromatic heterocycles. The Morgan fingerprint density at radius 1 is 0.414 bits per heavy atom. The van der Waals surface area contributed by atoms with E-state index < -0.39 is 57.8 Å². The van der Waals surface area contributed by atoms with Crippen LogP contribution in [0, 0.1) is 0 Å². The van der Waals surface area contributed by atoms with Gasteiger partial charge in [-0.25, -0.2) is 4.57 Å². The zero-order valence-electron chi connectivity index (χ0n) is 44.7. The maximum Gasteiger partial charge on any atom is 0.472 e. The van der Waals surface area contributed by atoms with E-state index in [0.717, 1.165) is 64.2 Å². The number of rotatable bonds is 52. The summed E-state index contributed by atoms with van der Waals surface area (Å²) in [6.07, 6.45) is 56.4. The second-order valence-corrected chi connectivity index (χ2v) is 20.2. The molecule has 0 amide bonds. The van der Waals surface area contributed by atoms with Gasteiger partial charge in [-0.15, -0.1) is 0 Å². The third-order valence-corrected chi connectivity index (χ3v) is 12.9. The normalized spacial score (nSPS) is 13.8. The lowest BCUT2D eigenvalue weighted by molar-refractivity contribution is -0.161. The summed E-state index contributed by atoms with van der Waals surface area (Å²) in [5.74, 6) is -1.59. The lowest BCUT2D eigenvalue weighted by Gasteiger charge is -2.21. The number of ether oxygens (including phenoxy) is 3. The quantitative estimate of drug-likeness (QED) is 0.0197. The zero-order valence-corrected chi connectivity index (χ0v) is 45.6. The highest BCUT2D eigenvalue weighted by Crippen LogP contribution is 2.43. The van der Waals surface area contributed by atoms with Gasteiger partial charge < -0.3 is 24.2 Å². The fourth-order valence-electron chi connectivity index (χ4n) is 7.73. The molecule has 3 atom stereocenters. The van der Waals surface area contributed by atoms with Crippen molar-refractivity contribution in [1.29, 1.82) is 0 Å². The molecule has 2 N–H and O–H groups in total. The molecule has 0 saturated carbocycles. The van der Waals surface area contributed by atoms with E-state index in [4.69, 9.17) is 23.3 Å². The SMILES string of the molecule is CC/C=C\C/C=C\C/C=C\C/C=C\C/C=C\CC(=O)OC(CO)COP(=O)(O)OCC(COC(=O)CCCCCCCCCCCCC)OC(=O)CCCCCCCCCCCCCCCCCCC. The average Bonchev–Trinajstić information content (AvgIpc) is 3.35. The lowest BCUT2D eigenvalue weighted by atomic mass is 10.0. The minimum atomic E-state index is -4.76. The van der Waals surface area contributed by atoms with E-state index in [2.05, 4.69) is 57.2 Å². The molecule has 0 fully saturated rings. The Bertz CT molecular complexity index is 1410. The molecular weight excluding hydrogens is 904 g/mol. The fourth-order valence-corrected chi connectivity index (χ4v) is 8.51. The highest BCUT2D eigenvalue weighted by atomic mass is 31.2. The lowest BCUT2D eigenvalue weighted by Crippen LogP contribution is -2.30. The second kappa shape index (κ2) is 52.5. The first-order valence-electron chi connectivity index (χ1n) is 28.2. The minimum absolute atomic E-state index is 0.0538. The topological polar surface area (TPSA) is 155 Å². The van der Waals surface area contributed by atoms with E-state index in [0.29, 0.717) is 19.3 Å². The Balaban J connectivity index is 4.75. The van der Waals surface area contributed by atoms with Crippen molar-refractivity contribution in [1.82, 2.24) is 0 Å². The Labute approximate surface area is 427 Å². The molecule has 0 spiro atoms. The second-order valence-electron chi connectivity index (χ2n) is 18.8. The molecule has 70 heavy (non-hydrogen) atoms. The number of hydrogen-bond donors (Lipinski definition) is 2. The number of carbonyl (C=O) groups is 3. The molecule has 0 aromatic carbocycles. The number of phosphoric acid groups is 1. The van der Waals surface area contributed by atoms with Gasteiger partial charge in [-0.2, -0.15) is 0 Å². The van der Waals surface area contributed by atoms with Crippen LogP contribution in [0.1, 0.15) is 252 Å². The molecule has 0 aromatic rings. The average molecular weight is 1010 g/mol. The number of carbonyl (C=O) groups excluding carboxylic acids is 3. The van der Waals surface area contributed by atoms with Crippen LogP contribution in [-0.4, -0.2) is 66.5 Å². The van der Waals surface area contributed by atoms with Crippen LogP contribution in [0.15, 0.2) is 60.8 Å². The molecule has 0 aliphatic heterocycles. The minimum Gasteiger partial charge on any atom is -0.462 e. The summed E-state index contributed by atoms with van der Waals surface area (Å²) in [5, 5.41) is 9.77. The van der Waals surface area contributed by atoms with Crippen molar-refractivity contribution in [2.24, 2.45) is 0 Å². The molecule has 11 nitrogen and oxygen atoms in total. The first-order valence-corrected chi connectivity index (χ1v) is 29.7. The Hall–Kier alpha value is -2.82. The van der Waals surface area contributed by atoms with Gasteiger partial charge in [0.2, 0.25) is 0 Å². The summed E-state index contributed by atoms with van der Waals surface area (Å²) < 4.78 is 39.3. The van der Waals surface area contributed by atoms with Gasteiger partial charge in [0.1, 0.15) is 12.7 Å². The van der Waals surface area contributed by atoms with E-state index in [-0.39, 0.29) is 25.9 Å². The Morgan fingerprint density at radius 3 is 1.13 bits per heavy atom. The van der Waals surface area contributed by atoms with Gasteiger partial charge >= 0.3 is 25.7 Å². The molecule has 0 saturated heterocycles. The smallest absolute Gasteiger partial charge is 0.462 e. The number of hydrogen-bond acceptors (Lipinski definition) is 10. The summed E-state index contributed by atoms with van der Waals surface area (Å²) >= 11 is 0. The van der Waals surface area contributed by atoms with Crippen molar-refractivity contribution < 1.29 is 52.2 Å². The van der Waals surface area contributed by atoms with Gasteiger partial charge in [0, 0.05) is 12.8 Å². The van der Waals surface area contributed by atoms with Crippen molar-refractivity contribution in [2.75, 3.05) is 26.4 Å². The molecule has 0 aliphatic rings. The zero-order chi connectivity index (χ0) is 51.3. The van der Waals surface area contributed by atoms with Crippen molar-refractivity contribution in [3.8, 4) is 0 Å². The standard InChI is InChI=1S/C58H103O11P/c1-4-7-10-13-16-19-22-24-26-27-29-31-34-37-40-43-46-49-58(62)69-55(51-65-56(60)47-44-41-38-35-32-21-18-15-12-9-6-3)53-67-70(63,64)66-52-54(50-59)68-57(61)48-45-42-39-36-33-30-28-25-23-20-17-14-11-8-5-2/h8,11,17,20,25,28,33,36,42,45,54-55,59H,4-7,9-10,12-16,18-19,21-24,26-27,29-32,34-35,37-41,43-44,46-53H2,1-3H3,(H,63,64)/b11-8-,20-17-,28-25-,36-33-,45-42-. The number of phosphoric ester groups is 1. The molecule has 0 bridgehead atoms. The van der Waals surface area contributed by atoms with Crippen LogP contribution in [0.4, 0.5) is 0 Å². The van der Waals surface area contributed by atoms with Gasteiger partial charge in [0.15, 0.2) is 6.10 Å². The third-order valence-electron chi connectivity index (χ3n) is 12.0. The van der Waals surface area contributed by atoms with Gasteiger partial charge in [-0.3, -0.25) is 23.4 Å². The maximum absolute atomic E-state index is 12.9. The number of unbranched alkanes of at least 4 members (excludes halogenated alkanes) is 26. The van der Waals surface area contributed by atoms with Gasteiger partial charge in [-0.05, 0) is 44.9 Å². The van der Waals surface area contributed by atoms with Crippen molar-refractivity contribution in [2.45, 2.75) is 264 Å². The van der Waals surface area contributed by atoms with Crippen molar-refractivity contribution in [3.63, 3.8) is 0 Å². The van der Waals surface area contributed by atoms with E-state index in [1.165, 1.54) is 128 Å². The Kier molecular flexibility index (Phi) is 50.4. The van der Waals surface area contributed by atoms with Crippen LogP contribution in [0.5, 0.6) is 0 Å². The van der Waals surface area contributed by atoms with Crippen LogP contribution in [-0.2, 0) is 42.2 Å². The number of esters is 3. The van der Waals surface area contributed by atoms with Crippen molar-refractivity contribution in [3.05, 3.63) is 60.8 Å². The number of aliphatic hydroxyl groups is 1. The molecule has 0 radical (unpaired) electrons. The van der Waals surface area contributed by atoms with E-state index in [1.54, 1.807) is 6.08 Å². The summed E-state index contributed by atoms with van der Waals surface area (Å²) in [6.45, 7) is 4.44. The summed E-state index contributed by atoms with van der Waals surface area (Å²) in [7, 11) is -4.76. The van der Waals surface area contributed by atoms with Gasteiger partial charge in [0.05, 0.1) is 26.2 Å². The molecular formula is C58H103O11P. The predicted molar refractivity (Wildman–Crippen MR) is 288 cm³/mol. The van der Waals surface area contributed by atoms with Crippen LogP contribution < -0.4 is 0 Å². The first kappa shape index (κ1) is 67.2. The third kappa shape index (κ3) is 50.1. The fraction of sp³-hybridized carbons (Fsp3) is 0.776. The highest BCUT2D eigenvalue weighted by molar-refractivity contribution is 7.47. The molecule has 0 rings (SSSR count). The predicted octanol–water partition coefficient (Wildman–Crippen LogP) is 16.4. The van der Waals surface area contributed by atoms with Gasteiger partial charge in [0.25, 0.3) is 0 Å². The number of allylic oxidation sites excluding steroid dienone is 9. The van der Waals surface area contributed by atoms with E-state index in [9.17, 15) is 28.9 Å². The molecule has 406 valence electrons. The monoisotopic (exact) mass is 1010 g/mol. The maximum atomic E-state index is 12.9. The molecule has 0 aliphatic carbocycles. The van der Waals surface area contributed by atoms with E-state index in [1.807, 2.05) is 18.2 Å². The largest absolute Gasteiger partial charge is 0.472 e. The van der Waals surface area contributed by atoms with Gasteiger partial charge in [-0.1, -0.05) is 248 Å².